The van der Waals surface area contributed by atoms with Gasteiger partial charge in [0, 0.05) is 17.4 Å². The number of halogens is 1. The van der Waals surface area contributed by atoms with E-state index in [9.17, 15) is 4.39 Å². The standard InChI is InChI=1S/C15H24FNOS/c1-4-9-17-13(11-19-10-5-2)12-7-6-8-14(18-3)15(12)16/h6-8,13,17H,4-5,9-11H2,1-3H3. The summed E-state index contributed by atoms with van der Waals surface area (Å²) >= 11 is 1.86. The molecule has 0 spiro atoms. The molecule has 19 heavy (non-hydrogen) atoms. The van der Waals surface area contributed by atoms with Crippen molar-refractivity contribution in [2.24, 2.45) is 0 Å². The summed E-state index contributed by atoms with van der Waals surface area (Å²) < 4.78 is 19.3. The van der Waals surface area contributed by atoms with Crippen LogP contribution in [0.2, 0.25) is 0 Å². The van der Waals surface area contributed by atoms with Crippen molar-refractivity contribution in [1.82, 2.24) is 5.32 Å². The third-order valence-electron chi connectivity index (χ3n) is 2.86. The molecule has 0 aromatic heterocycles. The molecule has 0 radical (unpaired) electrons. The van der Waals surface area contributed by atoms with Crippen LogP contribution < -0.4 is 10.1 Å². The number of benzene rings is 1. The van der Waals surface area contributed by atoms with Crippen molar-refractivity contribution < 1.29 is 9.13 Å². The Balaban J connectivity index is 2.82. The third kappa shape index (κ3) is 5.03. The predicted octanol–water partition coefficient (Wildman–Crippen LogP) is 4.02. The van der Waals surface area contributed by atoms with Crippen molar-refractivity contribution in [3.05, 3.63) is 29.6 Å². The molecule has 0 aliphatic carbocycles. The van der Waals surface area contributed by atoms with Crippen molar-refractivity contribution in [2.75, 3.05) is 25.2 Å². The van der Waals surface area contributed by atoms with E-state index in [2.05, 4.69) is 19.2 Å². The van der Waals surface area contributed by atoms with Gasteiger partial charge in [-0.25, -0.2) is 4.39 Å². The molecule has 1 N–H and O–H groups in total. The Kier molecular flexibility index (Phi) is 7.91. The third-order valence-corrected chi connectivity index (χ3v) is 4.13. The fraction of sp³-hybridized carbons (Fsp3) is 0.600. The second kappa shape index (κ2) is 9.21. The quantitative estimate of drug-likeness (QED) is 0.692. The topological polar surface area (TPSA) is 21.3 Å². The van der Waals surface area contributed by atoms with Crippen molar-refractivity contribution in [1.29, 1.82) is 0 Å². The maximum Gasteiger partial charge on any atom is 0.169 e. The van der Waals surface area contributed by atoms with Gasteiger partial charge < -0.3 is 10.1 Å². The summed E-state index contributed by atoms with van der Waals surface area (Å²) in [5, 5.41) is 3.42. The Morgan fingerprint density at radius 2 is 2.11 bits per heavy atom. The first-order valence-corrected chi connectivity index (χ1v) is 8.03. The van der Waals surface area contributed by atoms with E-state index in [1.807, 2.05) is 23.9 Å². The Labute approximate surface area is 120 Å². The molecular formula is C15H24FNOS. The van der Waals surface area contributed by atoms with Gasteiger partial charge in [-0.1, -0.05) is 26.0 Å². The van der Waals surface area contributed by atoms with Crippen LogP contribution in [0.25, 0.3) is 0 Å². The zero-order chi connectivity index (χ0) is 14.1. The van der Waals surface area contributed by atoms with Gasteiger partial charge in [-0.2, -0.15) is 11.8 Å². The SMILES string of the molecule is CCCNC(CSCCC)c1cccc(OC)c1F. The molecule has 2 nitrogen and oxygen atoms in total. The molecule has 4 heteroatoms. The number of ether oxygens (including phenoxy) is 1. The molecule has 0 bridgehead atoms. The fourth-order valence-corrected chi connectivity index (χ4v) is 2.87. The van der Waals surface area contributed by atoms with Crippen molar-refractivity contribution in [3.8, 4) is 5.75 Å². The molecule has 0 heterocycles. The summed E-state index contributed by atoms with van der Waals surface area (Å²) in [5.74, 6) is 2.07. The minimum atomic E-state index is -0.240. The van der Waals surface area contributed by atoms with Crippen LogP contribution in [-0.4, -0.2) is 25.2 Å². The van der Waals surface area contributed by atoms with Crippen molar-refractivity contribution >= 4 is 11.8 Å². The lowest BCUT2D eigenvalue weighted by atomic mass is 10.1. The van der Waals surface area contributed by atoms with Crippen molar-refractivity contribution in [2.45, 2.75) is 32.7 Å². The first-order valence-electron chi connectivity index (χ1n) is 6.88. The molecule has 0 amide bonds. The summed E-state index contributed by atoms with van der Waals surface area (Å²) in [6.07, 6.45) is 2.19. The van der Waals surface area contributed by atoms with Crippen LogP contribution in [0.3, 0.4) is 0 Å². The van der Waals surface area contributed by atoms with Gasteiger partial charge in [0.2, 0.25) is 0 Å². The zero-order valence-electron chi connectivity index (χ0n) is 12.0. The second-order valence-corrected chi connectivity index (χ2v) is 5.59. The van der Waals surface area contributed by atoms with E-state index in [0.717, 1.165) is 30.9 Å². The summed E-state index contributed by atoms with van der Waals surface area (Å²) in [6, 6.07) is 5.40. The minimum absolute atomic E-state index is 0.0478. The van der Waals surface area contributed by atoms with Gasteiger partial charge in [0.05, 0.1) is 7.11 Å². The van der Waals surface area contributed by atoms with Crippen LogP contribution in [0.15, 0.2) is 18.2 Å². The Morgan fingerprint density at radius 3 is 2.74 bits per heavy atom. The van der Waals surface area contributed by atoms with E-state index in [1.54, 1.807) is 6.07 Å². The van der Waals surface area contributed by atoms with Crippen LogP contribution >= 0.6 is 11.8 Å². The lowest BCUT2D eigenvalue weighted by Gasteiger charge is -2.20. The highest BCUT2D eigenvalue weighted by atomic mass is 32.2. The molecule has 108 valence electrons. The predicted molar refractivity (Wildman–Crippen MR) is 81.6 cm³/mol. The average molecular weight is 285 g/mol. The second-order valence-electron chi connectivity index (χ2n) is 4.45. The molecule has 0 fully saturated rings. The summed E-state index contributed by atoms with van der Waals surface area (Å²) in [5.41, 5.74) is 0.705. The molecule has 1 atom stereocenters. The molecule has 0 aliphatic heterocycles. The first-order chi connectivity index (χ1) is 9.24. The molecule has 1 aromatic carbocycles. The number of thioether (sulfide) groups is 1. The average Bonchev–Trinajstić information content (AvgIpc) is 2.43. The van der Waals surface area contributed by atoms with Crippen LogP contribution in [0.1, 0.15) is 38.3 Å². The molecule has 1 unspecified atom stereocenters. The normalized spacial score (nSPS) is 12.4. The first kappa shape index (κ1) is 16.3. The number of hydrogen-bond acceptors (Lipinski definition) is 3. The number of hydrogen-bond donors (Lipinski definition) is 1. The van der Waals surface area contributed by atoms with E-state index in [-0.39, 0.29) is 11.9 Å². The smallest absolute Gasteiger partial charge is 0.169 e. The van der Waals surface area contributed by atoms with Crippen LogP contribution in [-0.2, 0) is 0 Å². The summed E-state index contributed by atoms with van der Waals surface area (Å²) in [4.78, 5) is 0. The van der Waals surface area contributed by atoms with Gasteiger partial charge in [0.15, 0.2) is 11.6 Å². The molecule has 0 saturated carbocycles. The highest BCUT2D eigenvalue weighted by Gasteiger charge is 2.17. The monoisotopic (exact) mass is 285 g/mol. The van der Waals surface area contributed by atoms with E-state index in [0.29, 0.717) is 11.3 Å². The van der Waals surface area contributed by atoms with Crippen LogP contribution in [0, 0.1) is 5.82 Å². The van der Waals surface area contributed by atoms with Gasteiger partial charge in [0.25, 0.3) is 0 Å². The van der Waals surface area contributed by atoms with Crippen LogP contribution in [0.4, 0.5) is 4.39 Å². The molecule has 0 saturated heterocycles. The Hall–Kier alpha value is -0.740. The molecular weight excluding hydrogens is 261 g/mol. The Morgan fingerprint density at radius 1 is 1.32 bits per heavy atom. The van der Waals surface area contributed by atoms with Gasteiger partial charge in [-0.15, -0.1) is 0 Å². The maximum absolute atomic E-state index is 14.3. The lowest BCUT2D eigenvalue weighted by molar-refractivity contribution is 0.381. The summed E-state index contributed by atoms with van der Waals surface area (Å²) in [6.45, 7) is 5.17. The fourth-order valence-electron chi connectivity index (χ4n) is 1.88. The van der Waals surface area contributed by atoms with Crippen LogP contribution in [0.5, 0.6) is 5.75 Å². The molecule has 1 aromatic rings. The highest BCUT2D eigenvalue weighted by molar-refractivity contribution is 7.99. The van der Waals surface area contributed by atoms with E-state index in [1.165, 1.54) is 7.11 Å². The number of nitrogens with one attached hydrogen (secondary N) is 1. The number of rotatable bonds is 9. The minimum Gasteiger partial charge on any atom is -0.494 e. The maximum atomic E-state index is 14.3. The molecule has 0 aliphatic rings. The Bertz CT molecular complexity index is 373. The van der Waals surface area contributed by atoms with Gasteiger partial charge in [-0.05, 0) is 31.2 Å². The van der Waals surface area contributed by atoms with Gasteiger partial charge >= 0.3 is 0 Å². The molecule has 1 rings (SSSR count). The lowest BCUT2D eigenvalue weighted by Crippen LogP contribution is -2.25. The van der Waals surface area contributed by atoms with E-state index < -0.39 is 0 Å². The van der Waals surface area contributed by atoms with Gasteiger partial charge in [0.1, 0.15) is 0 Å². The van der Waals surface area contributed by atoms with E-state index in [4.69, 9.17) is 4.74 Å². The highest BCUT2D eigenvalue weighted by Crippen LogP contribution is 2.27. The van der Waals surface area contributed by atoms with Crippen molar-refractivity contribution in [3.63, 3.8) is 0 Å². The zero-order valence-corrected chi connectivity index (χ0v) is 12.9. The summed E-state index contributed by atoms with van der Waals surface area (Å²) in [7, 11) is 1.50. The largest absolute Gasteiger partial charge is 0.494 e. The van der Waals surface area contributed by atoms with E-state index >= 15 is 0 Å². The van der Waals surface area contributed by atoms with Gasteiger partial charge in [-0.3, -0.25) is 0 Å². The number of methoxy groups -OCH3 is 1.